The molecule has 0 aliphatic heterocycles. The lowest BCUT2D eigenvalue weighted by molar-refractivity contribution is 0.0686. The monoisotopic (exact) mass is 428 g/mol. The van der Waals surface area contributed by atoms with Crippen LogP contribution in [0.5, 0.6) is 0 Å². The van der Waals surface area contributed by atoms with Gasteiger partial charge in [-0.2, -0.15) is 0 Å². The van der Waals surface area contributed by atoms with Crippen molar-refractivity contribution in [3.8, 4) is 22.3 Å². The van der Waals surface area contributed by atoms with Crippen molar-refractivity contribution in [2.45, 2.75) is 51.4 Å². The van der Waals surface area contributed by atoms with E-state index in [9.17, 15) is 19.8 Å². The topological polar surface area (TPSA) is 74.6 Å². The second kappa shape index (κ2) is 9.39. The highest BCUT2D eigenvalue weighted by Gasteiger charge is 2.28. The largest absolute Gasteiger partial charge is 0.478 e. The van der Waals surface area contributed by atoms with E-state index < -0.39 is 11.9 Å². The average Bonchev–Trinajstić information content (AvgIpc) is 3.33. The Morgan fingerprint density at radius 2 is 1.31 bits per heavy atom. The number of benzene rings is 3. The van der Waals surface area contributed by atoms with Crippen molar-refractivity contribution in [1.82, 2.24) is 0 Å². The highest BCUT2D eigenvalue weighted by molar-refractivity contribution is 6.04. The first-order valence-corrected chi connectivity index (χ1v) is 11.3. The zero-order valence-corrected chi connectivity index (χ0v) is 18.3. The number of carboxylic acids is 2. The van der Waals surface area contributed by atoms with Gasteiger partial charge in [0.25, 0.3) is 0 Å². The van der Waals surface area contributed by atoms with Gasteiger partial charge in [0.2, 0.25) is 0 Å². The summed E-state index contributed by atoms with van der Waals surface area (Å²) in [5.41, 5.74) is 5.73. The third-order valence-electron chi connectivity index (χ3n) is 6.49. The van der Waals surface area contributed by atoms with Crippen LogP contribution in [-0.2, 0) is 6.42 Å². The summed E-state index contributed by atoms with van der Waals surface area (Å²) in [6.07, 6.45) is 6.14. The number of rotatable bonds is 7. The molecular formula is C28H28O4. The van der Waals surface area contributed by atoms with Crippen molar-refractivity contribution < 1.29 is 19.8 Å². The van der Waals surface area contributed by atoms with E-state index in [1.54, 1.807) is 24.3 Å². The molecule has 0 amide bonds. The zero-order valence-electron chi connectivity index (χ0n) is 18.3. The Bertz CT molecular complexity index is 1160. The van der Waals surface area contributed by atoms with Crippen LogP contribution < -0.4 is 0 Å². The summed E-state index contributed by atoms with van der Waals surface area (Å²) >= 11 is 0. The van der Waals surface area contributed by atoms with E-state index in [-0.39, 0.29) is 11.1 Å². The Kier molecular flexibility index (Phi) is 6.40. The molecule has 1 aliphatic rings. The quantitative estimate of drug-likeness (QED) is 0.424. The molecule has 0 saturated heterocycles. The second-order valence-corrected chi connectivity index (χ2v) is 8.50. The van der Waals surface area contributed by atoms with Crippen molar-refractivity contribution >= 4 is 11.9 Å². The minimum Gasteiger partial charge on any atom is -0.478 e. The van der Waals surface area contributed by atoms with Crippen LogP contribution in [0.3, 0.4) is 0 Å². The fourth-order valence-electron chi connectivity index (χ4n) is 5.09. The van der Waals surface area contributed by atoms with Gasteiger partial charge in [-0.15, -0.1) is 0 Å². The summed E-state index contributed by atoms with van der Waals surface area (Å²) in [6, 6.07) is 18.4. The van der Waals surface area contributed by atoms with Gasteiger partial charge in [-0.1, -0.05) is 74.7 Å². The maximum Gasteiger partial charge on any atom is 0.336 e. The number of carboxylic acid groups (broad SMARTS) is 2. The fraction of sp³-hybridized carbons (Fsp3) is 0.286. The first-order chi connectivity index (χ1) is 15.5. The van der Waals surface area contributed by atoms with Gasteiger partial charge in [-0.05, 0) is 70.7 Å². The summed E-state index contributed by atoms with van der Waals surface area (Å²) in [6.45, 7) is 2.10. The molecular weight excluding hydrogens is 400 g/mol. The van der Waals surface area contributed by atoms with Crippen LogP contribution in [0.1, 0.15) is 76.8 Å². The maximum absolute atomic E-state index is 12.2. The summed E-state index contributed by atoms with van der Waals surface area (Å²) in [5, 5.41) is 19.9. The molecule has 3 aromatic rings. The van der Waals surface area contributed by atoms with E-state index in [2.05, 4.69) is 19.1 Å². The molecule has 0 heterocycles. The van der Waals surface area contributed by atoms with Gasteiger partial charge in [-0.25, -0.2) is 9.59 Å². The summed E-state index contributed by atoms with van der Waals surface area (Å²) < 4.78 is 0. The molecule has 2 N–H and O–H groups in total. The molecule has 0 aromatic heterocycles. The molecule has 4 heteroatoms. The van der Waals surface area contributed by atoms with Crippen molar-refractivity contribution in [1.29, 1.82) is 0 Å². The minimum absolute atomic E-state index is 0.238. The number of aryl methyl sites for hydroxylation is 1. The molecule has 0 bridgehead atoms. The van der Waals surface area contributed by atoms with E-state index in [0.29, 0.717) is 17.0 Å². The molecule has 4 nitrogen and oxygen atoms in total. The van der Waals surface area contributed by atoms with Crippen molar-refractivity contribution in [3.05, 3.63) is 82.9 Å². The summed E-state index contributed by atoms with van der Waals surface area (Å²) in [7, 11) is 0. The van der Waals surface area contributed by atoms with Crippen molar-refractivity contribution in [2.24, 2.45) is 0 Å². The SMILES string of the molecule is CCCc1ccc(C2CCCC2)c(-c2ccccc2C(=O)O)c1-c1ccccc1C(=O)O. The van der Waals surface area contributed by atoms with Gasteiger partial charge in [0.05, 0.1) is 11.1 Å². The van der Waals surface area contributed by atoms with Crippen LogP contribution in [0.2, 0.25) is 0 Å². The van der Waals surface area contributed by atoms with E-state index in [4.69, 9.17) is 0 Å². The van der Waals surface area contributed by atoms with Gasteiger partial charge < -0.3 is 10.2 Å². The highest BCUT2D eigenvalue weighted by atomic mass is 16.4. The molecule has 164 valence electrons. The first kappa shape index (κ1) is 21.8. The van der Waals surface area contributed by atoms with E-state index in [1.165, 1.54) is 0 Å². The smallest absolute Gasteiger partial charge is 0.336 e. The van der Waals surface area contributed by atoms with E-state index in [0.717, 1.165) is 60.8 Å². The Labute approximate surface area is 188 Å². The van der Waals surface area contributed by atoms with Gasteiger partial charge in [0, 0.05) is 0 Å². The number of hydrogen-bond acceptors (Lipinski definition) is 2. The number of carbonyl (C=O) groups is 2. The molecule has 0 unspecified atom stereocenters. The number of hydrogen-bond donors (Lipinski definition) is 2. The van der Waals surface area contributed by atoms with Crippen LogP contribution in [0.15, 0.2) is 60.7 Å². The molecule has 1 aliphatic carbocycles. The maximum atomic E-state index is 12.2. The van der Waals surface area contributed by atoms with Gasteiger partial charge in [-0.3, -0.25) is 0 Å². The normalized spacial score (nSPS) is 13.9. The predicted molar refractivity (Wildman–Crippen MR) is 126 cm³/mol. The van der Waals surface area contributed by atoms with E-state index >= 15 is 0 Å². The number of aromatic carboxylic acids is 2. The lowest BCUT2D eigenvalue weighted by Crippen LogP contribution is -2.08. The van der Waals surface area contributed by atoms with Crippen LogP contribution >= 0.6 is 0 Å². The van der Waals surface area contributed by atoms with Gasteiger partial charge in [0.1, 0.15) is 0 Å². The predicted octanol–water partition coefficient (Wildman–Crippen LogP) is 7.03. The van der Waals surface area contributed by atoms with Crippen molar-refractivity contribution in [2.75, 3.05) is 0 Å². The second-order valence-electron chi connectivity index (χ2n) is 8.50. The highest BCUT2D eigenvalue weighted by Crippen LogP contribution is 2.46. The lowest BCUT2D eigenvalue weighted by Gasteiger charge is -2.24. The van der Waals surface area contributed by atoms with Crippen LogP contribution in [0.25, 0.3) is 22.3 Å². The fourth-order valence-corrected chi connectivity index (χ4v) is 5.09. The van der Waals surface area contributed by atoms with Crippen LogP contribution in [0, 0.1) is 0 Å². The summed E-state index contributed by atoms with van der Waals surface area (Å²) in [4.78, 5) is 24.3. The zero-order chi connectivity index (χ0) is 22.7. The standard InChI is InChI=1S/C28H28O4/c1-2-9-19-16-17-20(18-10-3-4-11-18)26(22-13-6-8-15-24(22)28(31)32)25(19)21-12-5-7-14-23(21)27(29)30/h5-8,12-18H,2-4,9-11H2,1H3,(H,29,30)(H,31,32). The molecule has 32 heavy (non-hydrogen) atoms. The van der Waals surface area contributed by atoms with Crippen LogP contribution in [0.4, 0.5) is 0 Å². The first-order valence-electron chi connectivity index (χ1n) is 11.3. The average molecular weight is 429 g/mol. The Hall–Kier alpha value is -3.40. The van der Waals surface area contributed by atoms with Crippen LogP contribution in [-0.4, -0.2) is 22.2 Å². The Morgan fingerprint density at radius 3 is 1.84 bits per heavy atom. The summed E-state index contributed by atoms with van der Waals surface area (Å²) in [5.74, 6) is -1.61. The van der Waals surface area contributed by atoms with Crippen molar-refractivity contribution in [3.63, 3.8) is 0 Å². The molecule has 3 aromatic carbocycles. The molecule has 1 fully saturated rings. The lowest BCUT2D eigenvalue weighted by atomic mass is 9.79. The third-order valence-corrected chi connectivity index (χ3v) is 6.49. The molecule has 0 spiro atoms. The molecule has 0 radical (unpaired) electrons. The van der Waals surface area contributed by atoms with Gasteiger partial charge in [0.15, 0.2) is 0 Å². The Balaban J connectivity index is 2.13. The Morgan fingerprint density at radius 1 is 0.781 bits per heavy atom. The van der Waals surface area contributed by atoms with Gasteiger partial charge >= 0.3 is 11.9 Å². The van der Waals surface area contributed by atoms with E-state index in [1.807, 2.05) is 24.3 Å². The molecule has 1 saturated carbocycles. The molecule has 0 atom stereocenters. The third kappa shape index (κ3) is 4.05. The molecule has 4 rings (SSSR count). The minimum atomic E-state index is -0.980.